The van der Waals surface area contributed by atoms with Crippen molar-refractivity contribution in [1.29, 1.82) is 0 Å². The molecule has 1 aliphatic rings. The highest BCUT2D eigenvalue weighted by molar-refractivity contribution is 9.10. The lowest BCUT2D eigenvalue weighted by Crippen LogP contribution is -2.39. The molecule has 2 atom stereocenters. The van der Waals surface area contributed by atoms with Crippen LogP contribution in [0.5, 0.6) is 0 Å². The molecule has 1 fully saturated rings. The third-order valence-electron chi connectivity index (χ3n) is 2.82. The van der Waals surface area contributed by atoms with Crippen LogP contribution in [0.3, 0.4) is 0 Å². The quantitative estimate of drug-likeness (QED) is 0.855. The number of anilines is 1. The number of nitrogens with two attached hydrogens (primary N) is 1. The molecule has 2 rings (SSSR count). The lowest BCUT2D eigenvalue weighted by atomic mass is 10.2. The van der Waals surface area contributed by atoms with Gasteiger partial charge < -0.3 is 10.5 Å². The summed E-state index contributed by atoms with van der Waals surface area (Å²) in [5, 5.41) is 0. The topological polar surface area (TPSA) is 94.3 Å². The van der Waals surface area contributed by atoms with Crippen molar-refractivity contribution in [2.75, 3.05) is 12.3 Å². The Morgan fingerprint density at radius 1 is 1.61 bits per heavy atom. The van der Waals surface area contributed by atoms with Crippen LogP contribution in [0.15, 0.2) is 21.6 Å². The lowest BCUT2D eigenvalue weighted by molar-refractivity contribution is 0.117. The molecule has 1 aromatic rings. The summed E-state index contributed by atoms with van der Waals surface area (Å²) in [4.78, 5) is 3.80. The van der Waals surface area contributed by atoms with Crippen LogP contribution in [0.25, 0.3) is 0 Å². The first-order valence-corrected chi connectivity index (χ1v) is 7.73. The number of pyridine rings is 1. The number of hydrogen-bond acceptors (Lipinski definition) is 5. The summed E-state index contributed by atoms with van der Waals surface area (Å²) in [5.74, 6) is -0.0164. The number of aromatic nitrogens is 1. The maximum atomic E-state index is 12.2. The van der Waals surface area contributed by atoms with Crippen molar-refractivity contribution >= 4 is 31.8 Å². The minimum atomic E-state index is -3.68. The predicted molar refractivity (Wildman–Crippen MR) is 70.5 cm³/mol. The molecule has 6 nitrogen and oxygen atoms in total. The van der Waals surface area contributed by atoms with Gasteiger partial charge in [0.25, 0.3) is 0 Å². The first kappa shape index (κ1) is 13.7. The summed E-state index contributed by atoms with van der Waals surface area (Å²) in [5.41, 5.74) is 5.60. The monoisotopic (exact) mass is 335 g/mol. The van der Waals surface area contributed by atoms with Crippen molar-refractivity contribution < 1.29 is 13.2 Å². The minimum Gasteiger partial charge on any atom is -0.383 e. The van der Waals surface area contributed by atoms with Gasteiger partial charge in [-0.15, -0.1) is 0 Å². The molecule has 0 bridgehead atoms. The van der Waals surface area contributed by atoms with E-state index in [1.807, 2.05) is 6.92 Å². The number of nitrogens with one attached hydrogen (secondary N) is 1. The second kappa shape index (κ2) is 5.12. The zero-order valence-corrected chi connectivity index (χ0v) is 12.2. The van der Waals surface area contributed by atoms with E-state index in [-0.39, 0.29) is 22.9 Å². The van der Waals surface area contributed by atoms with Gasteiger partial charge in [0.2, 0.25) is 10.0 Å². The predicted octanol–water partition coefficient (Wildman–Crippen LogP) is 0.882. The van der Waals surface area contributed by atoms with Crippen LogP contribution in [-0.2, 0) is 14.8 Å². The Bertz CT molecular complexity index is 549. The van der Waals surface area contributed by atoms with E-state index in [1.54, 1.807) is 0 Å². The van der Waals surface area contributed by atoms with Gasteiger partial charge in [-0.05, 0) is 35.3 Å². The molecule has 3 N–H and O–H groups in total. The van der Waals surface area contributed by atoms with E-state index >= 15 is 0 Å². The Morgan fingerprint density at radius 2 is 2.33 bits per heavy atom. The number of hydrogen-bond donors (Lipinski definition) is 2. The van der Waals surface area contributed by atoms with Crippen LogP contribution in [0.1, 0.15) is 13.3 Å². The van der Waals surface area contributed by atoms with Crippen LogP contribution in [0, 0.1) is 0 Å². The smallest absolute Gasteiger partial charge is 0.244 e. The first-order valence-electron chi connectivity index (χ1n) is 5.45. The number of nitrogen functional groups attached to an aromatic ring is 1. The van der Waals surface area contributed by atoms with E-state index in [4.69, 9.17) is 10.5 Å². The summed E-state index contributed by atoms with van der Waals surface area (Å²) in [6, 6.07) is 1.21. The van der Waals surface area contributed by atoms with Crippen molar-refractivity contribution in [1.82, 2.24) is 9.71 Å². The van der Waals surface area contributed by atoms with Gasteiger partial charge in [-0.25, -0.2) is 18.1 Å². The molecule has 0 radical (unpaired) electrons. The molecule has 1 aliphatic heterocycles. The van der Waals surface area contributed by atoms with Crippen LogP contribution in [0.2, 0.25) is 0 Å². The number of ether oxygens (including phenoxy) is 1. The SMILES string of the molecule is CC1OCCC1NS(=O)(=O)c1cc(Br)cnc1N. The molecule has 1 saturated heterocycles. The molecule has 0 spiro atoms. The van der Waals surface area contributed by atoms with E-state index in [2.05, 4.69) is 25.6 Å². The maximum absolute atomic E-state index is 12.2. The fourth-order valence-electron chi connectivity index (χ4n) is 1.80. The number of sulfonamides is 1. The number of nitrogens with zero attached hydrogens (tertiary/aromatic N) is 1. The van der Waals surface area contributed by atoms with Crippen LogP contribution < -0.4 is 10.5 Å². The Labute approximate surface area is 114 Å². The average molecular weight is 336 g/mol. The van der Waals surface area contributed by atoms with Gasteiger partial charge in [-0.3, -0.25) is 0 Å². The molecule has 2 heterocycles. The summed E-state index contributed by atoms with van der Waals surface area (Å²) < 4.78 is 32.9. The molecular formula is C10H14BrN3O3S. The van der Waals surface area contributed by atoms with Gasteiger partial charge in [-0.2, -0.15) is 0 Å². The van der Waals surface area contributed by atoms with Crippen molar-refractivity contribution in [3.63, 3.8) is 0 Å². The summed E-state index contributed by atoms with van der Waals surface area (Å²) in [6.07, 6.45) is 1.97. The number of rotatable bonds is 3. The lowest BCUT2D eigenvalue weighted by Gasteiger charge is -2.16. The summed E-state index contributed by atoms with van der Waals surface area (Å²) in [7, 11) is -3.68. The van der Waals surface area contributed by atoms with Crippen molar-refractivity contribution in [3.8, 4) is 0 Å². The third-order valence-corrected chi connectivity index (χ3v) is 4.77. The molecule has 0 aliphatic carbocycles. The van der Waals surface area contributed by atoms with E-state index < -0.39 is 10.0 Å². The van der Waals surface area contributed by atoms with E-state index in [9.17, 15) is 8.42 Å². The maximum Gasteiger partial charge on any atom is 0.244 e. The summed E-state index contributed by atoms with van der Waals surface area (Å²) in [6.45, 7) is 2.39. The van der Waals surface area contributed by atoms with Crippen molar-refractivity contribution in [3.05, 3.63) is 16.7 Å². The molecule has 0 saturated carbocycles. The van der Waals surface area contributed by atoms with Gasteiger partial charge in [0.15, 0.2) is 0 Å². The Kier molecular flexibility index (Phi) is 3.90. The third kappa shape index (κ3) is 2.82. The van der Waals surface area contributed by atoms with Gasteiger partial charge in [0.05, 0.1) is 12.1 Å². The molecule has 1 aromatic heterocycles. The molecule has 2 unspecified atom stereocenters. The Morgan fingerprint density at radius 3 is 2.94 bits per heavy atom. The zero-order valence-electron chi connectivity index (χ0n) is 9.76. The van der Waals surface area contributed by atoms with Crippen molar-refractivity contribution in [2.24, 2.45) is 0 Å². The van der Waals surface area contributed by atoms with Gasteiger partial charge in [-0.1, -0.05) is 0 Å². The highest BCUT2D eigenvalue weighted by Crippen LogP contribution is 2.22. The van der Waals surface area contributed by atoms with E-state index in [1.165, 1.54) is 12.3 Å². The van der Waals surface area contributed by atoms with Crippen LogP contribution in [0.4, 0.5) is 5.82 Å². The fourth-order valence-corrected chi connectivity index (χ4v) is 3.72. The van der Waals surface area contributed by atoms with Crippen LogP contribution in [-0.4, -0.2) is 32.2 Å². The van der Waals surface area contributed by atoms with E-state index in [0.29, 0.717) is 17.5 Å². The summed E-state index contributed by atoms with van der Waals surface area (Å²) >= 11 is 3.18. The molecular weight excluding hydrogens is 322 g/mol. The van der Waals surface area contributed by atoms with Gasteiger partial charge >= 0.3 is 0 Å². The molecule has 8 heteroatoms. The highest BCUT2D eigenvalue weighted by Gasteiger charge is 2.30. The standard InChI is InChI=1S/C10H14BrN3O3S/c1-6-8(2-3-17-6)14-18(15,16)9-4-7(11)5-13-10(9)12/h4-6,8,14H,2-3H2,1H3,(H2,12,13). The second-order valence-electron chi connectivity index (χ2n) is 4.13. The molecule has 18 heavy (non-hydrogen) atoms. The Balaban J connectivity index is 2.28. The van der Waals surface area contributed by atoms with E-state index in [0.717, 1.165) is 0 Å². The second-order valence-corrected chi connectivity index (χ2v) is 6.73. The van der Waals surface area contributed by atoms with Gasteiger partial charge in [0, 0.05) is 17.3 Å². The normalized spacial score (nSPS) is 24.3. The van der Waals surface area contributed by atoms with Crippen molar-refractivity contribution in [2.45, 2.75) is 30.4 Å². The molecule has 0 amide bonds. The molecule has 100 valence electrons. The van der Waals surface area contributed by atoms with Gasteiger partial charge in [0.1, 0.15) is 10.7 Å². The Hall–Kier alpha value is -0.700. The largest absolute Gasteiger partial charge is 0.383 e. The minimum absolute atomic E-state index is 0.0164. The highest BCUT2D eigenvalue weighted by atomic mass is 79.9. The molecule has 0 aromatic carbocycles. The first-order chi connectivity index (χ1) is 8.40. The zero-order chi connectivity index (χ0) is 13.3. The average Bonchev–Trinajstić information content (AvgIpc) is 2.67. The van der Waals surface area contributed by atoms with Crippen LogP contribution >= 0.6 is 15.9 Å². The number of halogens is 1. The fraction of sp³-hybridized carbons (Fsp3) is 0.500.